The number of hydrogen-bond acceptors (Lipinski definition) is 3. The molecule has 0 spiro atoms. The van der Waals surface area contributed by atoms with Gasteiger partial charge in [-0.2, -0.15) is 0 Å². The molecule has 1 unspecified atom stereocenters. The fourth-order valence-electron chi connectivity index (χ4n) is 2.37. The van der Waals surface area contributed by atoms with Gasteiger partial charge in [-0.25, -0.2) is 4.79 Å². The van der Waals surface area contributed by atoms with Crippen molar-refractivity contribution >= 4 is 35.1 Å². The summed E-state index contributed by atoms with van der Waals surface area (Å²) >= 11 is 12.4. The molecule has 4 nitrogen and oxygen atoms in total. The van der Waals surface area contributed by atoms with Crippen LogP contribution >= 0.6 is 23.2 Å². The van der Waals surface area contributed by atoms with Crippen LogP contribution in [0.2, 0.25) is 10.0 Å². The number of carbonyl (C=O) groups is 2. The molecule has 0 saturated heterocycles. The van der Waals surface area contributed by atoms with E-state index in [1.807, 2.05) is 0 Å². The summed E-state index contributed by atoms with van der Waals surface area (Å²) in [6.07, 6.45) is 0.102. The van der Waals surface area contributed by atoms with Crippen LogP contribution in [-0.4, -0.2) is 19.0 Å². The van der Waals surface area contributed by atoms with Crippen LogP contribution in [0.4, 0.5) is 0 Å². The van der Waals surface area contributed by atoms with Crippen LogP contribution in [0.25, 0.3) is 0 Å². The number of rotatable bonds is 2. The van der Waals surface area contributed by atoms with Gasteiger partial charge in [-0.15, -0.1) is 0 Å². The van der Waals surface area contributed by atoms with Crippen LogP contribution in [0.5, 0.6) is 0 Å². The zero-order chi connectivity index (χ0) is 14.9. The van der Waals surface area contributed by atoms with Gasteiger partial charge in [0, 0.05) is 28.1 Å². The minimum absolute atomic E-state index is 0.102. The van der Waals surface area contributed by atoms with Crippen molar-refractivity contribution in [2.75, 3.05) is 7.11 Å². The molecule has 1 aromatic carbocycles. The van der Waals surface area contributed by atoms with E-state index < -0.39 is 11.9 Å². The molecule has 1 aromatic rings. The standard InChI is InChI=1S/C14H13Cl2NO3/c1-7-12(14(19)20-2)8(6-11(18)17-7)13-9(15)4-3-5-10(13)16/h3-5,8H,6H2,1-2H3,(H,17,18). The average molecular weight is 314 g/mol. The summed E-state index contributed by atoms with van der Waals surface area (Å²) in [6.45, 7) is 1.65. The van der Waals surface area contributed by atoms with Crippen molar-refractivity contribution in [3.63, 3.8) is 0 Å². The topological polar surface area (TPSA) is 55.4 Å². The highest BCUT2D eigenvalue weighted by atomic mass is 35.5. The Kier molecular flexibility index (Phi) is 4.35. The summed E-state index contributed by atoms with van der Waals surface area (Å²) in [5.41, 5.74) is 1.42. The molecule has 0 aliphatic carbocycles. The second-order valence-corrected chi connectivity index (χ2v) is 5.28. The number of methoxy groups -OCH3 is 1. The maximum Gasteiger partial charge on any atom is 0.336 e. The molecule has 1 atom stereocenters. The van der Waals surface area contributed by atoms with Crippen molar-refractivity contribution in [3.05, 3.63) is 45.1 Å². The molecule has 0 bridgehead atoms. The molecule has 0 radical (unpaired) electrons. The number of ether oxygens (including phenoxy) is 1. The Labute approximate surface area is 126 Å². The molecule has 106 valence electrons. The highest BCUT2D eigenvalue weighted by Crippen LogP contribution is 2.40. The first-order valence-electron chi connectivity index (χ1n) is 5.98. The summed E-state index contributed by atoms with van der Waals surface area (Å²) < 4.78 is 4.79. The van der Waals surface area contributed by atoms with Gasteiger partial charge < -0.3 is 10.1 Å². The zero-order valence-electron chi connectivity index (χ0n) is 11.0. The quantitative estimate of drug-likeness (QED) is 0.854. The lowest BCUT2D eigenvalue weighted by atomic mass is 9.84. The largest absolute Gasteiger partial charge is 0.466 e. The lowest BCUT2D eigenvalue weighted by Crippen LogP contribution is -2.34. The number of benzene rings is 1. The molecule has 2 rings (SSSR count). The number of halogens is 2. The van der Waals surface area contributed by atoms with E-state index in [1.165, 1.54) is 7.11 Å². The lowest BCUT2D eigenvalue weighted by Gasteiger charge is -2.27. The smallest absolute Gasteiger partial charge is 0.336 e. The van der Waals surface area contributed by atoms with Gasteiger partial charge in [0.05, 0.1) is 12.7 Å². The Morgan fingerprint density at radius 3 is 2.50 bits per heavy atom. The molecule has 6 heteroatoms. The number of allylic oxidation sites excluding steroid dienone is 1. The maximum atomic E-state index is 12.0. The Morgan fingerprint density at radius 1 is 1.35 bits per heavy atom. The van der Waals surface area contributed by atoms with Crippen LogP contribution in [0.1, 0.15) is 24.8 Å². The van der Waals surface area contributed by atoms with Gasteiger partial charge in [0.1, 0.15) is 0 Å². The second-order valence-electron chi connectivity index (χ2n) is 4.47. The molecule has 1 N–H and O–H groups in total. The molecule has 1 heterocycles. The van der Waals surface area contributed by atoms with Crippen molar-refractivity contribution in [2.24, 2.45) is 0 Å². The molecular weight excluding hydrogens is 301 g/mol. The number of hydrogen-bond donors (Lipinski definition) is 1. The summed E-state index contributed by atoms with van der Waals surface area (Å²) in [6, 6.07) is 5.07. The fraction of sp³-hybridized carbons (Fsp3) is 0.286. The SMILES string of the molecule is COC(=O)C1=C(C)NC(=O)CC1c1c(Cl)cccc1Cl. The molecule has 0 aromatic heterocycles. The van der Waals surface area contributed by atoms with Crippen molar-refractivity contribution < 1.29 is 14.3 Å². The van der Waals surface area contributed by atoms with Gasteiger partial charge in [0.15, 0.2) is 0 Å². The monoisotopic (exact) mass is 313 g/mol. The summed E-state index contributed by atoms with van der Waals surface area (Å²) in [7, 11) is 1.30. The molecule has 0 fully saturated rings. The zero-order valence-corrected chi connectivity index (χ0v) is 12.5. The Bertz CT molecular complexity index is 590. The first-order valence-corrected chi connectivity index (χ1v) is 6.74. The Morgan fingerprint density at radius 2 is 1.95 bits per heavy atom. The molecule has 20 heavy (non-hydrogen) atoms. The minimum atomic E-state index is -0.502. The predicted octanol–water partition coefficient (Wildman–Crippen LogP) is 3.04. The first-order chi connectivity index (χ1) is 9.45. The Balaban J connectivity index is 2.60. The van der Waals surface area contributed by atoms with Crippen LogP contribution in [0, 0.1) is 0 Å². The third-order valence-corrected chi connectivity index (χ3v) is 3.88. The van der Waals surface area contributed by atoms with E-state index in [1.54, 1.807) is 25.1 Å². The van der Waals surface area contributed by atoms with E-state index >= 15 is 0 Å². The van der Waals surface area contributed by atoms with E-state index in [2.05, 4.69) is 5.32 Å². The van der Waals surface area contributed by atoms with Crippen molar-refractivity contribution in [3.8, 4) is 0 Å². The van der Waals surface area contributed by atoms with Gasteiger partial charge >= 0.3 is 5.97 Å². The van der Waals surface area contributed by atoms with Crippen molar-refractivity contribution in [1.82, 2.24) is 5.32 Å². The van der Waals surface area contributed by atoms with E-state index in [4.69, 9.17) is 27.9 Å². The minimum Gasteiger partial charge on any atom is -0.466 e. The second kappa shape index (κ2) is 5.85. The summed E-state index contributed by atoms with van der Waals surface area (Å²) in [5, 5.41) is 3.48. The van der Waals surface area contributed by atoms with Gasteiger partial charge in [0.25, 0.3) is 0 Å². The average Bonchev–Trinajstić information content (AvgIpc) is 2.37. The predicted molar refractivity (Wildman–Crippen MR) is 76.7 cm³/mol. The van der Waals surface area contributed by atoms with Gasteiger partial charge in [-0.3, -0.25) is 4.79 Å². The number of nitrogens with one attached hydrogen (secondary N) is 1. The van der Waals surface area contributed by atoms with Crippen LogP contribution in [0.3, 0.4) is 0 Å². The highest BCUT2D eigenvalue weighted by molar-refractivity contribution is 6.36. The number of carbonyl (C=O) groups excluding carboxylic acids is 2. The molecule has 1 aliphatic heterocycles. The molecule has 1 aliphatic rings. The summed E-state index contributed by atoms with van der Waals surface area (Å²) in [5.74, 6) is -1.18. The molecular formula is C14H13Cl2NO3. The molecule has 1 amide bonds. The summed E-state index contributed by atoms with van der Waals surface area (Å²) in [4.78, 5) is 23.7. The first kappa shape index (κ1) is 14.9. The van der Waals surface area contributed by atoms with E-state index in [0.717, 1.165) is 0 Å². The van der Waals surface area contributed by atoms with Crippen molar-refractivity contribution in [2.45, 2.75) is 19.3 Å². The van der Waals surface area contributed by atoms with Crippen LogP contribution in [-0.2, 0) is 14.3 Å². The van der Waals surface area contributed by atoms with Crippen molar-refractivity contribution in [1.29, 1.82) is 0 Å². The molecule has 0 saturated carbocycles. The maximum absolute atomic E-state index is 12.0. The van der Waals surface area contributed by atoms with Crippen LogP contribution in [0.15, 0.2) is 29.5 Å². The third kappa shape index (κ3) is 2.67. The van der Waals surface area contributed by atoms with Gasteiger partial charge in [-0.05, 0) is 24.6 Å². The lowest BCUT2D eigenvalue weighted by molar-refractivity contribution is -0.136. The number of esters is 1. The third-order valence-electron chi connectivity index (χ3n) is 3.22. The van der Waals surface area contributed by atoms with Gasteiger partial charge in [-0.1, -0.05) is 29.3 Å². The van der Waals surface area contributed by atoms with Crippen LogP contribution < -0.4 is 5.32 Å². The highest BCUT2D eigenvalue weighted by Gasteiger charge is 2.34. The number of amides is 1. The van der Waals surface area contributed by atoms with Gasteiger partial charge in [0.2, 0.25) is 5.91 Å². The van der Waals surface area contributed by atoms with E-state index in [0.29, 0.717) is 26.9 Å². The van der Waals surface area contributed by atoms with E-state index in [9.17, 15) is 9.59 Å². The van der Waals surface area contributed by atoms with E-state index in [-0.39, 0.29) is 12.3 Å². The Hall–Kier alpha value is -1.52. The fourth-order valence-corrected chi connectivity index (χ4v) is 3.03. The normalized spacial score (nSPS) is 18.8.